The van der Waals surface area contributed by atoms with Gasteiger partial charge >= 0.3 is 29.6 Å². The molecule has 2 nitrogen and oxygen atoms in total. The Morgan fingerprint density at radius 1 is 1.64 bits per heavy atom. The van der Waals surface area contributed by atoms with E-state index in [0.29, 0.717) is 6.61 Å². The Bertz CT molecular complexity index is 142. The Kier molecular flexibility index (Phi) is 10.3. The first-order valence-electron chi connectivity index (χ1n) is 3.12. The minimum atomic E-state index is -2.75. The standard InChI is InChI=1S/C5H13O2PS2.Na/c1-4-7-8(6,9)10-5(2)3;/h5H,4H2,1-3H3,(H,6,9);/q;+1/p-1. The number of hydrogen-bond acceptors (Lipinski definition) is 4. The molecular formula is C5H12NaO2PS2. The first kappa shape index (κ1) is 15.4. The zero-order valence-corrected chi connectivity index (χ0v) is 11.9. The second kappa shape index (κ2) is 7.34. The van der Waals surface area contributed by atoms with Gasteiger partial charge in [0.15, 0.2) is 0 Å². The molecule has 0 aliphatic carbocycles. The van der Waals surface area contributed by atoms with Crippen molar-refractivity contribution in [2.75, 3.05) is 6.61 Å². The largest absolute Gasteiger partial charge is 1.00 e. The fourth-order valence-electron chi connectivity index (χ4n) is 0.447. The van der Waals surface area contributed by atoms with Crippen LogP contribution in [0.1, 0.15) is 20.8 Å². The van der Waals surface area contributed by atoms with Crippen LogP contribution in [-0.2, 0) is 16.3 Å². The average molecular weight is 222 g/mol. The van der Waals surface area contributed by atoms with Gasteiger partial charge in [-0.3, -0.25) is 0 Å². The quantitative estimate of drug-likeness (QED) is 0.440. The molecule has 6 heteroatoms. The summed E-state index contributed by atoms with van der Waals surface area (Å²) in [5.74, 6) is 0. The van der Waals surface area contributed by atoms with E-state index in [-0.39, 0.29) is 34.8 Å². The molecule has 1 atom stereocenters. The van der Waals surface area contributed by atoms with Crippen molar-refractivity contribution in [3.05, 3.63) is 0 Å². The zero-order valence-electron chi connectivity index (χ0n) is 7.36. The summed E-state index contributed by atoms with van der Waals surface area (Å²) >= 11 is 5.94. The van der Waals surface area contributed by atoms with Gasteiger partial charge in [0.2, 0.25) is 0 Å². The summed E-state index contributed by atoms with van der Waals surface area (Å²) < 4.78 is 4.87. The molecule has 0 saturated carbocycles. The molecule has 0 aliphatic rings. The second-order valence-electron chi connectivity index (χ2n) is 2.02. The van der Waals surface area contributed by atoms with Crippen molar-refractivity contribution in [2.24, 2.45) is 0 Å². The number of rotatable bonds is 4. The summed E-state index contributed by atoms with van der Waals surface area (Å²) in [6, 6.07) is 0. The molecule has 0 rings (SSSR count). The fourth-order valence-corrected chi connectivity index (χ4v) is 5.25. The molecule has 0 aromatic rings. The average Bonchev–Trinajstić information content (AvgIpc) is 1.59. The van der Waals surface area contributed by atoms with Gasteiger partial charge in [-0.05, 0) is 6.92 Å². The van der Waals surface area contributed by atoms with Crippen molar-refractivity contribution < 1.29 is 39.0 Å². The van der Waals surface area contributed by atoms with E-state index in [1.807, 2.05) is 13.8 Å². The van der Waals surface area contributed by atoms with Gasteiger partial charge in [0.1, 0.15) is 0 Å². The second-order valence-corrected chi connectivity index (χ2v) is 8.54. The maximum atomic E-state index is 11.2. The zero-order chi connectivity index (χ0) is 8.20. The van der Waals surface area contributed by atoms with Crippen molar-refractivity contribution in [1.29, 1.82) is 0 Å². The summed E-state index contributed by atoms with van der Waals surface area (Å²) in [6.07, 6.45) is 0. The maximum Gasteiger partial charge on any atom is 1.00 e. The summed E-state index contributed by atoms with van der Waals surface area (Å²) in [5.41, 5.74) is -2.75. The van der Waals surface area contributed by atoms with Gasteiger partial charge in [-0.25, -0.2) is 0 Å². The maximum absolute atomic E-state index is 11.2. The topological polar surface area (TPSA) is 32.3 Å². The Labute approximate surface area is 99.7 Å². The van der Waals surface area contributed by atoms with E-state index in [1.165, 1.54) is 11.4 Å². The molecule has 0 saturated heterocycles. The Hall–Kier alpha value is 1.92. The fraction of sp³-hybridized carbons (Fsp3) is 1.00. The third-order valence-corrected chi connectivity index (χ3v) is 5.33. The predicted octanol–water partition coefficient (Wildman–Crippen LogP) is -1.25. The van der Waals surface area contributed by atoms with Crippen molar-refractivity contribution in [3.63, 3.8) is 0 Å². The van der Waals surface area contributed by atoms with Crippen LogP contribution in [0.4, 0.5) is 0 Å². The minimum absolute atomic E-state index is 0. The van der Waals surface area contributed by atoms with Crippen molar-refractivity contribution >= 4 is 28.9 Å². The molecule has 0 fully saturated rings. The van der Waals surface area contributed by atoms with E-state index in [1.54, 1.807) is 6.92 Å². The molecule has 0 aromatic carbocycles. The van der Waals surface area contributed by atoms with E-state index < -0.39 is 5.69 Å². The van der Waals surface area contributed by atoms with Crippen LogP contribution in [0.5, 0.6) is 0 Å². The summed E-state index contributed by atoms with van der Waals surface area (Å²) in [7, 11) is 0. The van der Waals surface area contributed by atoms with Crippen molar-refractivity contribution in [3.8, 4) is 0 Å². The van der Waals surface area contributed by atoms with Crippen LogP contribution >= 0.6 is 17.1 Å². The van der Waals surface area contributed by atoms with Crippen molar-refractivity contribution in [1.82, 2.24) is 0 Å². The van der Waals surface area contributed by atoms with Crippen LogP contribution in [0.2, 0.25) is 0 Å². The van der Waals surface area contributed by atoms with E-state index in [0.717, 1.165) is 0 Å². The molecule has 0 aromatic heterocycles. The molecule has 0 bridgehead atoms. The molecule has 0 aliphatic heterocycles. The van der Waals surface area contributed by atoms with Crippen molar-refractivity contribution in [2.45, 2.75) is 26.0 Å². The van der Waals surface area contributed by atoms with Gasteiger partial charge in [-0.1, -0.05) is 25.7 Å². The van der Waals surface area contributed by atoms with Gasteiger partial charge in [-0.2, -0.15) is 0 Å². The minimum Gasteiger partial charge on any atom is -0.793 e. The van der Waals surface area contributed by atoms with Gasteiger partial charge in [0.05, 0.1) is 0 Å². The number of hydrogen-bond donors (Lipinski definition) is 0. The Morgan fingerprint density at radius 2 is 2.09 bits per heavy atom. The predicted molar refractivity (Wildman–Crippen MR) is 48.6 cm³/mol. The van der Waals surface area contributed by atoms with Gasteiger partial charge in [-0.15, -0.1) is 11.4 Å². The molecule has 11 heavy (non-hydrogen) atoms. The van der Waals surface area contributed by atoms with Crippen LogP contribution in [0.3, 0.4) is 0 Å². The first-order valence-corrected chi connectivity index (χ1v) is 7.24. The van der Waals surface area contributed by atoms with E-state index >= 15 is 0 Å². The molecule has 62 valence electrons. The van der Waals surface area contributed by atoms with E-state index in [9.17, 15) is 4.89 Å². The Balaban J connectivity index is 0. The summed E-state index contributed by atoms with van der Waals surface area (Å²) in [5, 5.41) is 0.273. The van der Waals surface area contributed by atoms with Gasteiger partial charge < -0.3 is 9.42 Å². The van der Waals surface area contributed by atoms with Crippen LogP contribution in [0, 0.1) is 0 Å². The smallest absolute Gasteiger partial charge is 0.793 e. The summed E-state index contributed by atoms with van der Waals surface area (Å²) in [6.45, 7) is 6.12. The molecular weight excluding hydrogens is 210 g/mol. The molecule has 0 N–H and O–H groups in total. The third kappa shape index (κ3) is 9.84. The third-order valence-electron chi connectivity index (χ3n) is 0.627. The first-order chi connectivity index (χ1) is 4.48. The molecule has 0 radical (unpaired) electrons. The molecule has 0 heterocycles. The molecule has 0 amide bonds. The van der Waals surface area contributed by atoms with Crippen LogP contribution in [-0.4, -0.2) is 11.9 Å². The van der Waals surface area contributed by atoms with E-state index in [2.05, 4.69) is 0 Å². The van der Waals surface area contributed by atoms with Crippen LogP contribution < -0.4 is 34.5 Å². The van der Waals surface area contributed by atoms with E-state index in [4.69, 9.17) is 16.3 Å². The van der Waals surface area contributed by atoms with Gasteiger partial charge in [0, 0.05) is 17.6 Å². The SMILES string of the molecule is CCOP([O-])(=S)SC(C)C.[Na+]. The van der Waals surface area contributed by atoms with Crippen LogP contribution in [0.15, 0.2) is 0 Å². The Morgan fingerprint density at radius 3 is 2.36 bits per heavy atom. The normalized spacial score (nSPS) is 15.7. The van der Waals surface area contributed by atoms with Crippen LogP contribution in [0.25, 0.3) is 0 Å². The monoisotopic (exact) mass is 222 g/mol. The van der Waals surface area contributed by atoms with Gasteiger partial charge in [0.25, 0.3) is 0 Å². The summed E-state index contributed by atoms with van der Waals surface area (Å²) in [4.78, 5) is 11.2. The molecule has 0 spiro atoms. The molecule has 1 unspecified atom stereocenters.